The van der Waals surface area contributed by atoms with Crippen LogP contribution in [0.4, 0.5) is 13.2 Å². The highest BCUT2D eigenvalue weighted by Crippen LogP contribution is 2.48. The largest absolute Gasteiger partial charge is 0.406 e. The van der Waals surface area contributed by atoms with Gasteiger partial charge >= 0.3 is 6.18 Å². The van der Waals surface area contributed by atoms with Crippen LogP contribution in [0, 0.1) is 5.92 Å². The Hall–Kier alpha value is -0.290. The monoisotopic (exact) mass is 250 g/mol. The fourth-order valence-electron chi connectivity index (χ4n) is 2.57. The summed E-state index contributed by atoms with van der Waals surface area (Å²) >= 11 is 0. The maximum Gasteiger partial charge on any atom is 0.406 e. The van der Waals surface area contributed by atoms with Crippen molar-refractivity contribution in [3.05, 3.63) is 0 Å². The number of hydrogen-bond donors (Lipinski definition) is 2. The van der Waals surface area contributed by atoms with Crippen LogP contribution in [0.2, 0.25) is 0 Å². The minimum atomic E-state index is -4.07. The molecule has 0 bridgehead atoms. The predicted octanol–water partition coefficient (Wildman–Crippen LogP) is 2.45. The fourth-order valence-corrected chi connectivity index (χ4v) is 2.57. The average Bonchev–Trinajstić information content (AvgIpc) is 3.06. The Labute approximate surface area is 100 Å². The summed E-state index contributed by atoms with van der Waals surface area (Å²) in [5.74, 6) is 0.659. The summed E-state index contributed by atoms with van der Waals surface area (Å²) < 4.78 is 37.8. The van der Waals surface area contributed by atoms with E-state index in [0.29, 0.717) is 12.5 Å². The van der Waals surface area contributed by atoms with Gasteiger partial charge in [0.2, 0.25) is 0 Å². The minimum Gasteiger partial charge on any atom is -0.316 e. The van der Waals surface area contributed by atoms with Crippen molar-refractivity contribution in [1.29, 1.82) is 0 Å². The van der Waals surface area contributed by atoms with Crippen LogP contribution in [0.5, 0.6) is 0 Å². The van der Waals surface area contributed by atoms with Gasteiger partial charge in [-0.3, -0.25) is 0 Å². The summed E-state index contributed by atoms with van der Waals surface area (Å²) in [5.41, 5.74) is -1.53. The molecule has 1 saturated carbocycles. The Balaban J connectivity index is 1.60. The molecule has 100 valence electrons. The lowest BCUT2D eigenvalue weighted by Gasteiger charge is -2.24. The van der Waals surface area contributed by atoms with Gasteiger partial charge in [0.05, 0.1) is 0 Å². The molecule has 0 radical (unpaired) electrons. The fraction of sp³-hybridized carbons (Fsp3) is 1.00. The molecular formula is C12H21F3N2. The van der Waals surface area contributed by atoms with Crippen molar-refractivity contribution < 1.29 is 13.2 Å². The zero-order chi connectivity index (χ0) is 12.4. The standard InChI is InChI=1S/C12H21F3N2/c13-12(14,15)11(5-6-11)17-8-2-4-10-3-1-7-16-9-10/h10,16-17H,1-9H2. The maximum absolute atomic E-state index is 12.6. The van der Waals surface area contributed by atoms with Crippen molar-refractivity contribution in [2.45, 2.75) is 50.2 Å². The quantitative estimate of drug-likeness (QED) is 0.732. The van der Waals surface area contributed by atoms with Crippen LogP contribution in [0.15, 0.2) is 0 Å². The first kappa shape index (κ1) is 13.1. The molecule has 0 aromatic heterocycles. The first-order valence-electron chi connectivity index (χ1n) is 6.56. The van der Waals surface area contributed by atoms with Gasteiger partial charge in [-0.25, -0.2) is 0 Å². The van der Waals surface area contributed by atoms with E-state index in [0.717, 1.165) is 25.9 Å². The molecule has 5 heteroatoms. The molecule has 1 saturated heterocycles. The van der Waals surface area contributed by atoms with Crippen molar-refractivity contribution in [2.24, 2.45) is 5.92 Å². The molecule has 2 aliphatic rings. The third kappa shape index (κ3) is 3.35. The van der Waals surface area contributed by atoms with Gasteiger partial charge in [-0.2, -0.15) is 13.2 Å². The average molecular weight is 250 g/mol. The summed E-state index contributed by atoms with van der Waals surface area (Å²) in [5, 5.41) is 6.03. The zero-order valence-corrected chi connectivity index (χ0v) is 10.1. The molecule has 2 N–H and O–H groups in total. The van der Waals surface area contributed by atoms with E-state index in [2.05, 4.69) is 10.6 Å². The number of nitrogens with one attached hydrogen (secondary N) is 2. The van der Waals surface area contributed by atoms with Gasteiger partial charge in [0.25, 0.3) is 0 Å². The van der Waals surface area contributed by atoms with Gasteiger partial charge in [0.1, 0.15) is 5.54 Å². The van der Waals surface area contributed by atoms with Crippen LogP contribution in [0.1, 0.15) is 38.5 Å². The molecule has 0 aromatic rings. The smallest absolute Gasteiger partial charge is 0.316 e. The minimum absolute atomic E-state index is 0.251. The van der Waals surface area contributed by atoms with E-state index < -0.39 is 11.7 Å². The van der Waals surface area contributed by atoms with Gasteiger partial charge in [-0.05, 0) is 64.1 Å². The Kier molecular flexibility index (Phi) is 3.98. The second kappa shape index (κ2) is 5.14. The molecular weight excluding hydrogens is 229 g/mol. The van der Waals surface area contributed by atoms with E-state index in [-0.39, 0.29) is 12.8 Å². The Morgan fingerprint density at radius 3 is 2.59 bits per heavy atom. The second-order valence-corrected chi connectivity index (χ2v) is 5.36. The summed E-state index contributed by atoms with van der Waals surface area (Å²) in [7, 11) is 0. The normalized spacial score (nSPS) is 28.1. The van der Waals surface area contributed by atoms with Crippen LogP contribution in [-0.4, -0.2) is 31.3 Å². The summed E-state index contributed by atoms with van der Waals surface area (Å²) in [6.07, 6.45) is 0.739. The van der Waals surface area contributed by atoms with Gasteiger partial charge in [0, 0.05) is 0 Å². The van der Waals surface area contributed by atoms with Crippen LogP contribution in [0.3, 0.4) is 0 Å². The number of halogens is 3. The molecule has 2 fully saturated rings. The third-order valence-electron chi connectivity index (χ3n) is 3.94. The Morgan fingerprint density at radius 2 is 2.06 bits per heavy atom. The topological polar surface area (TPSA) is 24.1 Å². The molecule has 1 unspecified atom stereocenters. The molecule has 1 aliphatic carbocycles. The van der Waals surface area contributed by atoms with Crippen LogP contribution in [-0.2, 0) is 0 Å². The number of rotatable bonds is 5. The predicted molar refractivity (Wildman–Crippen MR) is 60.9 cm³/mol. The highest BCUT2D eigenvalue weighted by Gasteiger charge is 2.62. The molecule has 2 nitrogen and oxygen atoms in total. The van der Waals surface area contributed by atoms with E-state index in [1.165, 1.54) is 12.8 Å². The molecule has 1 aliphatic heterocycles. The lowest BCUT2D eigenvalue weighted by molar-refractivity contribution is -0.165. The molecule has 17 heavy (non-hydrogen) atoms. The Morgan fingerprint density at radius 1 is 1.29 bits per heavy atom. The van der Waals surface area contributed by atoms with Crippen LogP contribution in [0.25, 0.3) is 0 Å². The maximum atomic E-state index is 12.6. The lowest BCUT2D eigenvalue weighted by Crippen LogP contribution is -2.45. The SMILES string of the molecule is FC(F)(F)C1(NCCCC2CCCNC2)CC1. The first-order chi connectivity index (χ1) is 8.04. The molecule has 0 aromatic carbocycles. The first-order valence-corrected chi connectivity index (χ1v) is 6.56. The van der Waals surface area contributed by atoms with Gasteiger partial charge < -0.3 is 10.6 Å². The number of hydrogen-bond acceptors (Lipinski definition) is 2. The zero-order valence-electron chi connectivity index (χ0n) is 10.1. The van der Waals surface area contributed by atoms with E-state index in [1.54, 1.807) is 0 Å². The summed E-state index contributed by atoms with van der Waals surface area (Å²) in [6, 6.07) is 0. The van der Waals surface area contributed by atoms with E-state index in [1.807, 2.05) is 0 Å². The van der Waals surface area contributed by atoms with Crippen molar-refractivity contribution >= 4 is 0 Å². The van der Waals surface area contributed by atoms with E-state index in [9.17, 15) is 13.2 Å². The Bertz CT molecular complexity index is 243. The van der Waals surface area contributed by atoms with Crippen LogP contribution < -0.4 is 10.6 Å². The van der Waals surface area contributed by atoms with Gasteiger partial charge in [0.15, 0.2) is 0 Å². The number of alkyl halides is 3. The molecule has 1 heterocycles. The molecule has 2 rings (SSSR count). The summed E-state index contributed by atoms with van der Waals surface area (Å²) in [4.78, 5) is 0. The van der Waals surface area contributed by atoms with Crippen LogP contribution >= 0.6 is 0 Å². The molecule has 1 atom stereocenters. The third-order valence-corrected chi connectivity index (χ3v) is 3.94. The van der Waals surface area contributed by atoms with Crippen molar-refractivity contribution in [1.82, 2.24) is 10.6 Å². The number of piperidine rings is 1. The molecule has 0 spiro atoms. The van der Waals surface area contributed by atoms with E-state index >= 15 is 0 Å². The summed E-state index contributed by atoms with van der Waals surface area (Å²) in [6.45, 7) is 2.62. The molecule has 0 amide bonds. The second-order valence-electron chi connectivity index (χ2n) is 5.36. The van der Waals surface area contributed by atoms with Crippen molar-refractivity contribution in [3.63, 3.8) is 0 Å². The van der Waals surface area contributed by atoms with Gasteiger partial charge in [-0.1, -0.05) is 0 Å². The highest BCUT2D eigenvalue weighted by atomic mass is 19.4. The highest BCUT2D eigenvalue weighted by molar-refractivity contribution is 5.07. The van der Waals surface area contributed by atoms with Gasteiger partial charge in [-0.15, -0.1) is 0 Å². The lowest BCUT2D eigenvalue weighted by atomic mass is 9.95. The van der Waals surface area contributed by atoms with Crippen molar-refractivity contribution in [3.8, 4) is 0 Å². The van der Waals surface area contributed by atoms with E-state index in [4.69, 9.17) is 0 Å². The van der Waals surface area contributed by atoms with Crippen molar-refractivity contribution in [2.75, 3.05) is 19.6 Å².